The Hall–Kier alpha value is -2.11. The van der Waals surface area contributed by atoms with Crippen molar-refractivity contribution in [3.63, 3.8) is 0 Å². The van der Waals surface area contributed by atoms with Crippen LogP contribution in [0.2, 0.25) is 0 Å². The molecule has 1 saturated heterocycles. The van der Waals surface area contributed by atoms with E-state index in [4.69, 9.17) is 5.11 Å². The first kappa shape index (κ1) is 13.3. The molecule has 0 atom stereocenters. The molecule has 0 spiro atoms. The largest absolute Gasteiger partial charge is 0.477 e. The lowest BCUT2D eigenvalue weighted by Crippen LogP contribution is -2.36. The van der Waals surface area contributed by atoms with Gasteiger partial charge in [0.25, 0.3) is 0 Å². The first-order valence-corrected chi connectivity index (χ1v) is 6.35. The Morgan fingerprint density at radius 3 is 2.89 bits per heavy atom. The molecule has 0 radical (unpaired) electrons. The van der Waals surface area contributed by atoms with Crippen molar-refractivity contribution < 1.29 is 14.7 Å². The Morgan fingerprint density at radius 2 is 2.21 bits per heavy atom. The minimum Gasteiger partial charge on any atom is -0.477 e. The van der Waals surface area contributed by atoms with E-state index in [1.807, 2.05) is 11.8 Å². The van der Waals surface area contributed by atoms with Crippen molar-refractivity contribution in [1.82, 2.24) is 9.88 Å². The summed E-state index contributed by atoms with van der Waals surface area (Å²) in [7, 11) is 0. The lowest BCUT2D eigenvalue weighted by atomic mass is 10.3. The first-order chi connectivity index (χ1) is 9.11. The van der Waals surface area contributed by atoms with Crippen molar-refractivity contribution in [3.8, 4) is 0 Å². The molecule has 1 N–H and O–H groups in total. The van der Waals surface area contributed by atoms with Gasteiger partial charge in [0.1, 0.15) is 5.82 Å². The zero-order valence-corrected chi connectivity index (χ0v) is 10.9. The van der Waals surface area contributed by atoms with Gasteiger partial charge in [-0.3, -0.25) is 4.79 Å². The van der Waals surface area contributed by atoms with Crippen molar-refractivity contribution in [2.75, 3.05) is 31.1 Å². The van der Waals surface area contributed by atoms with E-state index in [2.05, 4.69) is 4.98 Å². The number of aromatic carboxylic acids is 1. The fraction of sp³-hybridized carbons (Fsp3) is 0.462. The van der Waals surface area contributed by atoms with E-state index in [9.17, 15) is 9.59 Å². The molecule has 6 heteroatoms. The van der Waals surface area contributed by atoms with Crippen LogP contribution in [-0.4, -0.2) is 53.0 Å². The molecular weight excluding hydrogens is 246 g/mol. The number of rotatable bonds is 3. The molecule has 102 valence electrons. The summed E-state index contributed by atoms with van der Waals surface area (Å²) >= 11 is 0. The van der Waals surface area contributed by atoms with E-state index >= 15 is 0 Å². The van der Waals surface area contributed by atoms with Crippen LogP contribution in [0.5, 0.6) is 0 Å². The number of nitrogens with zero attached hydrogens (tertiary/aromatic N) is 3. The average Bonchev–Trinajstić information content (AvgIpc) is 2.60. The predicted molar refractivity (Wildman–Crippen MR) is 70.3 cm³/mol. The highest BCUT2D eigenvalue weighted by molar-refractivity contribution is 5.86. The highest BCUT2D eigenvalue weighted by atomic mass is 16.4. The Kier molecular flexibility index (Phi) is 3.99. The predicted octanol–water partition coefficient (Wildman–Crippen LogP) is 0.838. The van der Waals surface area contributed by atoms with E-state index in [-0.39, 0.29) is 18.1 Å². The maximum Gasteiger partial charge on any atom is 0.354 e. The van der Waals surface area contributed by atoms with E-state index in [0.717, 1.165) is 13.0 Å². The summed E-state index contributed by atoms with van der Waals surface area (Å²) in [5, 5.41) is 8.94. The molecule has 2 heterocycles. The smallest absolute Gasteiger partial charge is 0.354 e. The molecule has 1 aromatic rings. The van der Waals surface area contributed by atoms with Gasteiger partial charge in [0, 0.05) is 19.6 Å². The van der Waals surface area contributed by atoms with Crippen molar-refractivity contribution in [3.05, 3.63) is 23.9 Å². The zero-order chi connectivity index (χ0) is 13.8. The van der Waals surface area contributed by atoms with Crippen LogP contribution < -0.4 is 4.90 Å². The average molecular weight is 263 g/mol. The van der Waals surface area contributed by atoms with Crippen LogP contribution in [0.4, 0.5) is 5.82 Å². The third-order valence-electron chi connectivity index (χ3n) is 3.19. The van der Waals surface area contributed by atoms with Gasteiger partial charge in [-0.05, 0) is 25.5 Å². The summed E-state index contributed by atoms with van der Waals surface area (Å²) in [6, 6.07) is 4.84. The summed E-state index contributed by atoms with van der Waals surface area (Å²) in [5.41, 5.74) is 0.00143. The molecule has 1 amide bonds. The number of hydrogen-bond donors (Lipinski definition) is 1. The first-order valence-electron chi connectivity index (χ1n) is 6.35. The standard InChI is InChI=1S/C13H17N3O3/c1-2-15-7-4-8-16(9-12(15)17)11-6-3-5-10(14-11)13(18)19/h3,5-6H,2,4,7-9H2,1H3,(H,18,19). The van der Waals surface area contributed by atoms with Gasteiger partial charge in [0.15, 0.2) is 5.69 Å². The van der Waals surface area contributed by atoms with E-state index in [1.54, 1.807) is 17.0 Å². The molecule has 1 aromatic heterocycles. The van der Waals surface area contributed by atoms with Gasteiger partial charge >= 0.3 is 5.97 Å². The highest BCUT2D eigenvalue weighted by Gasteiger charge is 2.21. The number of anilines is 1. The topological polar surface area (TPSA) is 73.7 Å². The molecule has 19 heavy (non-hydrogen) atoms. The number of carboxylic acids is 1. The quantitative estimate of drug-likeness (QED) is 0.874. The molecule has 1 aliphatic rings. The minimum absolute atomic E-state index is 0.00143. The lowest BCUT2D eigenvalue weighted by Gasteiger charge is -2.21. The van der Waals surface area contributed by atoms with Gasteiger partial charge in [-0.1, -0.05) is 6.07 Å². The molecule has 0 aromatic carbocycles. The maximum absolute atomic E-state index is 12.0. The molecule has 0 unspecified atom stereocenters. The van der Waals surface area contributed by atoms with Gasteiger partial charge in [-0.2, -0.15) is 0 Å². The lowest BCUT2D eigenvalue weighted by molar-refractivity contribution is -0.129. The fourth-order valence-corrected chi connectivity index (χ4v) is 2.17. The number of carbonyl (C=O) groups is 2. The van der Waals surface area contributed by atoms with Crippen LogP contribution in [-0.2, 0) is 4.79 Å². The van der Waals surface area contributed by atoms with Gasteiger partial charge in [0.2, 0.25) is 5.91 Å². The van der Waals surface area contributed by atoms with Crippen molar-refractivity contribution in [1.29, 1.82) is 0 Å². The third kappa shape index (κ3) is 3.01. The van der Waals surface area contributed by atoms with Crippen LogP contribution in [0.1, 0.15) is 23.8 Å². The van der Waals surface area contributed by atoms with Gasteiger partial charge in [-0.25, -0.2) is 9.78 Å². The van der Waals surface area contributed by atoms with Crippen LogP contribution in [0.15, 0.2) is 18.2 Å². The summed E-state index contributed by atoms with van der Waals surface area (Å²) in [6.07, 6.45) is 0.860. The second-order valence-electron chi connectivity index (χ2n) is 4.43. The molecule has 6 nitrogen and oxygen atoms in total. The maximum atomic E-state index is 12.0. The summed E-state index contributed by atoms with van der Waals surface area (Å²) in [6.45, 7) is 4.36. The number of aromatic nitrogens is 1. The zero-order valence-electron chi connectivity index (χ0n) is 10.9. The number of likely N-dealkylation sites (N-methyl/N-ethyl adjacent to an activating group) is 1. The van der Waals surface area contributed by atoms with E-state index in [1.165, 1.54) is 6.07 Å². The summed E-state index contributed by atoms with van der Waals surface area (Å²) < 4.78 is 0. The molecule has 2 rings (SSSR count). The van der Waals surface area contributed by atoms with Crippen LogP contribution in [0.3, 0.4) is 0 Å². The second-order valence-corrected chi connectivity index (χ2v) is 4.43. The van der Waals surface area contributed by atoms with Crippen molar-refractivity contribution in [2.24, 2.45) is 0 Å². The summed E-state index contributed by atoms with van der Waals surface area (Å²) in [5.74, 6) is -0.452. The van der Waals surface area contributed by atoms with Crippen LogP contribution in [0, 0.1) is 0 Å². The Balaban J connectivity index is 2.19. The van der Waals surface area contributed by atoms with Crippen molar-refractivity contribution >= 4 is 17.7 Å². The molecule has 0 bridgehead atoms. The molecule has 0 aliphatic carbocycles. The molecule has 0 saturated carbocycles. The van der Waals surface area contributed by atoms with E-state index in [0.29, 0.717) is 18.9 Å². The van der Waals surface area contributed by atoms with Crippen molar-refractivity contribution in [2.45, 2.75) is 13.3 Å². The fourth-order valence-electron chi connectivity index (χ4n) is 2.17. The van der Waals surface area contributed by atoms with Gasteiger partial charge in [-0.15, -0.1) is 0 Å². The number of hydrogen-bond acceptors (Lipinski definition) is 4. The number of amides is 1. The highest BCUT2D eigenvalue weighted by Crippen LogP contribution is 2.15. The Bertz CT molecular complexity index is 490. The molecule has 1 fully saturated rings. The van der Waals surface area contributed by atoms with Crippen LogP contribution in [0.25, 0.3) is 0 Å². The van der Waals surface area contributed by atoms with Gasteiger partial charge < -0.3 is 14.9 Å². The number of carbonyl (C=O) groups excluding carboxylic acids is 1. The minimum atomic E-state index is -1.06. The van der Waals surface area contributed by atoms with Crippen LogP contribution >= 0.6 is 0 Å². The summed E-state index contributed by atoms with van der Waals surface area (Å²) in [4.78, 5) is 30.6. The molecule has 1 aliphatic heterocycles. The number of carboxylic acid groups (broad SMARTS) is 1. The number of pyridine rings is 1. The molecular formula is C13H17N3O3. The van der Waals surface area contributed by atoms with Gasteiger partial charge in [0.05, 0.1) is 6.54 Å². The third-order valence-corrected chi connectivity index (χ3v) is 3.19. The monoisotopic (exact) mass is 263 g/mol. The Labute approximate surface area is 111 Å². The SMILES string of the molecule is CCN1CCCN(c2cccc(C(=O)O)n2)CC1=O. The Morgan fingerprint density at radius 1 is 1.42 bits per heavy atom. The second kappa shape index (κ2) is 5.69. The normalized spacial score (nSPS) is 16.4. The van der Waals surface area contributed by atoms with E-state index < -0.39 is 5.97 Å².